The Kier molecular flexibility index (Phi) is 6.25. The summed E-state index contributed by atoms with van der Waals surface area (Å²) >= 11 is 0. The zero-order valence-corrected chi connectivity index (χ0v) is 16.6. The first-order chi connectivity index (χ1) is 12.4. The molecule has 2 heteroatoms. The molecule has 3 fully saturated rings. The fourth-order valence-corrected chi connectivity index (χ4v) is 5.61. The van der Waals surface area contributed by atoms with Crippen molar-refractivity contribution in [3.05, 3.63) is 47.6 Å². The summed E-state index contributed by atoms with van der Waals surface area (Å²) in [6.45, 7) is 8.42. The van der Waals surface area contributed by atoms with E-state index in [0.29, 0.717) is 11.3 Å². The van der Waals surface area contributed by atoms with Crippen molar-refractivity contribution >= 4 is 0 Å². The van der Waals surface area contributed by atoms with Crippen LogP contribution in [0.5, 0.6) is 0 Å². The predicted molar refractivity (Wildman–Crippen MR) is 109 cm³/mol. The quantitative estimate of drug-likeness (QED) is 0.654. The van der Waals surface area contributed by atoms with Crippen molar-refractivity contribution in [3.8, 4) is 0 Å². The van der Waals surface area contributed by atoms with E-state index in [1.54, 1.807) is 5.57 Å². The lowest BCUT2D eigenvalue weighted by molar-refractivity contribution is 0.137. The van der Waals surface area contributed by atoms with Crippen LogP contribution in [0.2, 0.25) is 0 Å². The molecule has 3 saturated carbocycles. The minimum absolute atomic E-state index is 0.340. The van der Waals surface area contributed by atoms with Crippen LogP contribution in [0.3, 0.4) is 0 Å². The monoisotopic (exact) mass is 356 g/mol. The van der Waals surface area contributed by atoms with E-state index in [2.05, 4.69) is 31.7 Å². The van der Waals surface area contributed by atoms with Gasteiger partial charge in [-0.2, -0.15) is 0 Å². The van der Waals surface area contributed by atoms with Crippen LogP contribution in [0.15, 0.2) is 47.6 Å². The molecular formula is C24H36O2. The maximum Gasteiger partial charge on any atom is 0.0787 e. The number of hydrogen-bond donors (Lipinski definition) is 2. The highest BCUT2D eigenvalue weighted by atomic mass is 16.3. The van der Waals surface area contributed by atoms with E-state index in [4.69, 9.17) is 0 Å². The Morgan fingerprint density at radius 3 is 2.77 bits per heavy atom. The second kappa shape index (κ2) is 8.27. The molecule has 4 unspecified atom stereocenters. The first-order valence-corrected chi connectivity index (χ1v) is 10.5. The molecular weight excluding hydrogens is 320 g/mol. The number of aliphatic hydroxyl groups excluding tert-OH is 2. The van der Waals surface area contributed by atoms with Crippen molar-refractivity contribution in [2.24, 2.45) is 17.3 Å². The smallest absolute Gasteiger partial charge is 0.0787 e. The lowest BCUT2D eigenvalue weighted by Crippen LogP contribution is -2.33. The Labute approximate surface area is 159 Å². The van der Waals surface area contributed by atoms with Gasteiger partial charge in [0, 0.05) is 0 Å². The molecule has 3 rings (SSSR count). The summed E-state index contributed by atoms with van der Waals surface area (Å²) < 4.78 is 0. The first-order valence-electron chi connectivity index (χ1n) is 10.5. The van der Waals surface area contributed by atoms with Gasteiger partial charge in [0.05, 0.1) is 12.2 Å². The minimum Gasteiger partial charge on any atom is -0.389 e. The van der Waals surface area contributed by atoms with Gasteiger partial charge in [-0.3, -0.25) is 0 Å². The SMILES string of the molecule is C=C1/C(=C\C=C2/CCC[C@]3(C)C(C/C=C/C(C)O)CCC23)CCCC1O. The van der Waals surface area contributed by atoms with Crippen LogP contribution in [0.1, 0.15) is 71.6 Å². The van der Waals surface area contributed by atoms with E-state index in [0.717, 1.165) is 37.2 Å². The maximum atomic E-state index is 10.0. The predicted octanol–water partition coefficient (Wildman–Crippen LogP) is 5.48. The molecule has 0 aromatic heterocycles. The molecule has 0 aromatic rings. The van der Waals surface area contributed by atoms with Gasteiger partial charge in [-0.05, 0) is 93.1 Å². The van der Waals surface area contributed by atoms with Gasteiger partial charge < -0.3 is 10.2 Å². The van der Waals surface area contributed by atoms with Crippen LogP contribution >= 0.6 is 0 Å². The third kappa shape index (κ3) is 4.07. The summed E-state index contributed by atoms with van der Waals surface area (Å²) in [5, 5.41) is 19.5. The molecule has 0 aliphatic heterocycles. The van der Waals surface area contributed by atoms with Gasteiger partial charge in [0.25, 0.3) is 0 Å². The van der Waals surface area contributed by atoms with E-state index in [1.807, 2.05) is 13.0 Å². The molecule has 0 spiro atoms. The first kappa shape index (κ1) is 19.6. The molecule has 144 valence electrons. The molecule has 5 atom stereocenters. The zero-order chi connectivity index (χ0) is 18.7. The topological polar surface area (TPSA) is 40.5 Å². The van der Waals surface area contributed by atoms with Gasteiger partial charge in [-0.25, -0.2) is 0 Å². The molecule has 3 aliphatic rings. The van der Waals surface area contributed by atoms with Crippen molar-refractivity contribution in [1.82, 2.24) is 0 Å². The van der Waals surface area contributed by atoms with Crippen LogP contribution in [0.4, 0.5) is 0 Å². The highest BCUT2D eigenvalue weighted by molar-refractivity contribution is 5.37. The molecule has 0 amide bonds. The fourth-order valence-electron chi connectivity index (χ4n) is 5.61. The lowest BCUT2D eigenvalue weighted by Gasteiger charge is -2.42. The van der Waals surface area contributed by atoms with Gasteiger partial charge in [0.2, 0.25) is 0 Å². The summed E-state index contributed by atoms with van der Waals surface area (Å²) in [5.74, 6) is 1.42. The van der Waals surface area contributed by atoms with Crippen molar-refractivity contribution in [1.29, 1.82) is 0 Å². The van der Waals surface area contributed by atoms with Gasteiger partial charge in [-0.1, -0.05) is 43.4 Å². The summed E-state index contributed by atoms with van der Waals surface area (Å²) in [5.41, 5.74) is 4.19. The van der Waals surface area contributed by atoms with Crippen LogP contribution in [-0.2, 0) is 0 Å². The average molecular weight is 357 g/mol. The summed E-state index contributed by atoms with van der Waals surface area (Å²) in [4.78, 5) is 0. The number of aliphatic hydroxyl groups is 2. The third-order valence-corrected chi connectivity index (χ3v) is 7.23. The van der Waals surface area contributed by atoms with E-state index in [1.165, 1.54) is 37.7 Å². The van der Waals surface area contributed by atoms with Gasteiger partial charge >= 0.3 is 0 Å². The number of hydrogen-bond acceptors (Lipinski definition) is 2. The molecule has 0 saturated heterocycles. The number of allylic oxidation sites excluding steroid dienone is 4. The second-order valence-electron chi connectivity index (χ2n) is 8.96. The van der Waals surface area contributed by atoms with Crippen molar-refractivity contribution in [2.75, 3.05) is 0 Å². The lowest BCUT2D eigenvalue weighted by atomic mass is 9.63. The van der Waals surface area contributed by atoms with Crippen molar-refractivity contribution < 1.29 is 10.2 Å². The summed E-state index contributed by atoms with van der Waals surface area (Å²) in [6.07, 6.45) is 18.5. The molecule has 0 radical (unpaired) electrons. The van der Waals surface area contributed by atoms with Gasteiger partial charge in [0.1, 0.15) is 0 Å². The molecule has 0 aromatic carbocycles. The fraction of sp³-hybridized carbons (Fsp3) is 0.667. The van der Waals surface area contributed by atoms with E-state index < -0.39 is 0 Å². The summed E-state index contributed by atoms with van der Waals surface area (Å²) in [7, 11) is 0. The van der Waals surface area contributed by atoms with Crippen LogP contribution < -0.4 is 0 Å². The Morgan fingerprint density at radius 1 is 1.19 bits per heavy atom. The zero-order valence-electron chi connectivity index (χ0n) is 16.6. The van der Waals surface area contributed by atoms with Gasteiger partial charge in [-0.15, -0.1) is 0 Å². The molecule has 2 nitrogen and oxygen atoms in total. The van der Waals surface area contributed by atoms with Crippen LogP contribution in [0.25, 0.3) is 0 Å². The number of fused-ring (bicyclic) bond motifs is 1. The van der Waals surface area contributed by atoms with E-state index >= 15 is 0 Å². The molecule has 3 aliphatic carbocycles. The van der Waals surface area contributed by atoms with Crippen molar-refractivity contribution in [2.45, 2.75) is 83.8 Å². The molecule has 0 heterocycles. The standard InChI is InChI=1S/C24H36O2/c1-17(25)7-4-10-21-14-15-22-20(9-6-16-24(21,22)3)13-12-19-8-5-11-23(26)18(19)2/h4,7,12-13,17,21-23,25-26H,2,5-6,8-11,14-16H2,1,3H3/b7-4+,19-12-,20-13+/t17?,21?,22?,23?,24-/m1/s1. The maximum absolute atomic E-state index is 10.0. The largest absolute Gasteiger partial charge is 0.389 e. The number of rotatable bonds is 4. The summed E-state index contributed by atoms with van der Waals surface area (Å²) in [6, 6.07) is 0. The van der Waals surface area contributed by atoms with Crippen LogP contribution in [-0.4, -0.2) is 22.4 Å². The Balaban J connectivity index is 1.74. The Hall–Kier alpha value is -1.12. The molecule has 0 bridgehead atoms. The minimum atomic E-state index is -0.346. The highest BCUT2D eigenvalue weighted by Crippen LogP contribution is 2.58. The highest BCUT2D eigenvalue weighted by Gasteiger charge is 2.48. The second-order valence-corrected chi connectivity index (χ2v) is 8.96. The van der Waals surface area contributed by atoms with Gasteiger partial charge in [0.15, 0.2) is 0 Å². The molecule has 26 heavy (non-hydrogen) atoms. The molecule has 2 N–H and O–H groups in total. The van der Waals surface area contributed by atoms with E-state index in [9.17, 15) is 10.2 Å². The normalized spacial score (nSPS) is 39.7. The van der Waals surface area contributed by atoms with E-state index in [-0.39, 0.29) is 12.2 Å². The van der Waals surface area contributed by atoms with Crippen LogP contribution in [0, 0.1) is 17.3 Å². The third-order valence-electron chi connectivity index (χ3n) is 7.23. The Bertz CT molecular complexity index is 610. The Morgan fingerprint density at radius 2 is 2.00 bits per heavy atom. The average Bonchev–Trinajstić information content (AvgIpc) is 2.93. The van der Waals surface area contributed by atoms with Crippen molar-refractivity contribution in [3.63, 3.8) is 0 Å².